The average molecular weight is 289 g/mol. The van der Waals surface area contributed by atoms with E-state index >= 15 is 0 Å². The van der Waals surface area contributed by atoms with Crippen molar-refractivity contribution in [3.05, 3.63) is 28.3 Å². The highest BCUT2D eigenvalue weighted by atomic mass is 16.6. The van der Waals surface area contributed by atoms with Gasteiger partial charge in [0.05, 0.1) is 4.92 Å². The minimum atomic E-state index is -0.433. The van der Waals surface area contributed by atoms with Gasteiger partial charge in [0.25, 0.3) is 11.7 Å². The second-order valence-corrected chi connectivity index (χ2v) is 5.80. The van der Waals surface area contributed by atoms with E-state index in [9.17, 15) is 10.1 Å². The first-order valence-corrected chi connectivity index (χ1v) is 7.43. The lowest BCUT2D eigenvalue weighted by Gasteiger charge is -2.28. The number of aromatic nitrogens is 1. The summed E-state index contributed by atoms with van der Waals surface area (Å²) in [5.41, 5.74) is 0.736. The van der Waals surface area contributed by atoms with Crippen LogP contribution in [0.3, 0.4) is 0 Å². The third-order valence-corrected chi connectivity index (χ3v) is 4.40. The topological polar surface area (TPSA) is 81.2 Å². The highest BCUT2D eigenvalue weighted by Gasteiger charge is 2.22. The molecule has 0 amide bonds. The van der Waals surface area contributed by atoms with Crippen LogP contribution >= 0.6 is 0 Å². The van der Waals surface area contributed by atoms with Crippen molar-refractivity contribution in [2.24, 2.45) is 11.8 Å². The second kappa shape index (κ2) is 5.71. The zero-order valence-electron chi connectivity index (χ0n) is 12.0. The second-order valence-electron chi connectivity index (χ2n) is 5.80. The number of non-ortho nitro benzene ring substituents is 1. The van der Waals surface area contributed by atoms with Crippen LogP contribution in [0.15, 0.2) is 22.6 Å². The maximum atomic E-state index is 11.0. The predicted octanol–water partition coefficient (Wildman–Crippen LogP) is 3.97. The summed E-state index contributed by atoms with van der Waals surface area (Å²) >= 11 is 0. The fourth-order valence-electron chi connectivity index (χ4n) is 3.07. The Morgan fingerprint density at radius 2 is 2.24 bits per heavy atom. The monoisotopic (exact) mass is 289 g/mol. The number of nitro benzene ring substituents is 1. The summed E-state index contributed by atoms with van der Waals surface area (Å²) in [5, 5.41) is 14.2. The lowest BCUT2D eigenvalue weighted by atomic mass is 9.80. The van der Waals surface area contributed by atoms with Crippen LogP contribution in [-0.4, -0.2) is 16.5 Å². The third-order valence-electron chi connectivity index (χ3n) is 4.40. The van der Waals surface area contributed by atoms with E-state index in [0.717, 1.165) is 6.54 Å². The Morgan fingerprint density at radius 1 is 1.43 bits per heavy atom. The summed E-state index contributed by atoms with van der Waals surface area (Å²) in [5.74, 6) is 1.31. The molecule has 0 radical (unpaired) electrons. The highest BCUT2D eigenvalue weighted by Crippen LogP contribution is 2.31. The van der Waals surface area contributed by atoms with Gasteiger partial charge in [-0.15, -0.1) is 0 Å². The quantitative estimate of drug-likeness (QED) is 0.680. The molecule has 1 saturated carbocycles. The molecule has 6 heteroatoms. The van der Waals surface area contributed by atoms with E-state index in [4.69, 9.17) is 4.42 Å². The Balaban J connectivity index is 1.75. The van der Waals surface area contributed by atoms with Crippen molar-refractivity contribution >= 4 is 22.8 Å². The molecule has 1 aromatic heterocycles. The highest BCUT2D eigenvalue weighted by molar-refractivity contribution is 5.83. The van der Waals surface area contributed by atoms with Crippen molar-refractivity contribution in [2.75, 3.05) is 11.9 Å². The number of nitrogens with zero attached hydrogens (tertiary/aromatic N) is 2. The zero-order chi connectivity index (χ0) is 14.8. The molecular weight excluding hydrogens is 270 g/mol. The first-order valence-electron chi connectivity index (χ1n) is 7.43. The molecule has 1 aliphatic rings. The molecule has 0 aliphatic heterocycles. The van der Waals surface area contributed by atoms with Gasteiger partial charge in [0, 0.05) is 12.6 Å². The number of nitro groups is 1. The molecule has 1 heterocycles. The van der Waals surface area contributed by atoms with Gasteiger partial charge >= 0.3 is 0 Å². The van der Waals surface area contributed by atoms with Crippen molar-refractivity contribution in [3.63, 3.8) is 0 Å². The molecule has 1 aromatic carbocycles. The van der Waals surface area contributed by atoms with Gasteiger partial charge in [-0.1, -0.05) is 32.3 Å². The largest absolute Gasteiger partial charge is 0.423 e. The molecule has 21 heavy (non-hydrogen) atoms. The molecule has 3 rings (SSSR count). The summed E-state index contributed by atoms with van der Waals surface area (Å²) in [6.45, 7) is 3.09. The Labute approximate surface area is 122 Å². The summed E-state index contributed by atoms with van der Waals surface area (Å²) in [6, 6.07) is 5.12. The zero-order valence-corrected chi connectivity index (χ0v) is 12.0. The van der Waals surface area contributed by atoms with Gasteiger partial charge in [0.15, 0.2) is 11.1 Å². The molecule has 112 valence electrons. The standard InChI is InChI=1S/C15H19N3O3/c1-10-5-2-3-6-11(10)9-16-15-17-14-12(18(19)20)7-4-8-13(14)21-15/h4,7-8,10-11H,2-3,5-6,9H2,1H3,(H,16,17). The SMILES string of the molecule is CC1CCCCC1CNc1nc2c([N+](=O)[O-])cccc2o1. The van der Waals surface area contributed by atoms with E-state index in [1.54, 1.807) is 12.1 Å². The lowest BCUT2D eigenvalue weighted by Crippen LogP contribution is -2.24. The lowest BCUT2D eigenvalue weighted by molar-refractivity contribution is -0.383. The molecule has 6 nitrogen and oxygen atoms in total. The number of rotatable bonds is 4. The number of nitrogens with one attached hydrogen (secondary N) is 1. The molecule has 0 saturated heterocycles. The fourth-order valence-corrected chi connectivity index (χ4v) is 3.07. The van der Waals surface area contributed by atoms with Crippen LogP contribution in [0.2, 0.25) is 0 Å². The smallest absolute Gasteiger partial charge is 0.298 e. The minimum Gasteiger partial charge on any atom is -0.423 e. The maximum absolute atomic E-state index is 11.0. The number of hydrogen-bond acceptors (Lipinski definition) is 5. The molecule has 1 aliphatic carbocycles. The maximum Gasteiger partial charge on any atom is 0.298 e. The van der Waals surface area contributed by atoms with Crippen LogP contribution in [0.1, 0.15) is 32.6 Å². The number of anilines is 1. The van der Waals surface area contributed by atoms with Crippen LogP contribution in [0, 0.1) is 22.0 Å². The molecule has 1 N–H and O–H groups in total. The number of hydrogen-bond donors (Lipinski definition) is 1. The van der Waals surface area contributed by atoms with E-state index < -0.39 is 4.92 Å². The molecule has 2 atom stereocenters. The Morgan fingerprint density at radius 3 is 3.00 bits per heavy atom. The van der Waals surface area contributed by atoms with Gasteiger partial charge in [-0.2, -0.15) is 4.98 Å². The summed E-state index contributed by atoms with van der Waals surface area (Å²) < 4.78 is 5.56. The van der Waals surface area contributed by atoms with Gasteiger partial charge in [0.2, 0.25) is 0 Å². The minimum absolute atomic E-state index is 0.0182. The predicted molar refractivity (Wildman–Crippen MR) is 80.3 cm³/mol. The third kappa shape index (κ3) is 2.84. The first kappa shape index (κ1) is 13.9. The molecule has 0 bridgehead atoms. The van der Waals surface area contributed by atoms with Gasteiger partial charge < -0.3 is 9.73 Å². The van der Waals surface area contributed by atoms with Crippen molar-refractivity contribution in [2.45, 2.75) is 32.6 Å². The first-order chi connectivity index (χ1) is 10.1. The summed E-state index contributed by atoms with van der Waals surface area (Å²) in [6.07, 6.45) is 5.07. The van der Waals surface area contributed by atoms with Crippen LogP contribution < -0.4 is 5.32 Å². The summed E-state index contributed by atoms with van der Waals surface area (Å²) in [7, 11) is 0. The van der Waals surface area contributed by atoms with E-state index in [2.05, 4.69) is 17.2 Å². The molecule has 2 aromatic rings. The van der Waals surface area contributed by atoms with Crippen LogP contribution in [-0.2, 0) is 0 Å². The van der Waals surface area contributed by atoms with Gasteiger partial charge in [0.1, 0.15) is 0 Å². The normalized spacial score (nSPS) is 22.3. The van der Waals surface area contributed by atoms with Gasteiger partial charge in [-0.25, -0.2) is 0 Å². The van der Waals surface area contributed by atoms with E-state index in [0.29, 0.717) is 29.0 Å². The van der Waals surface area contributed by atoms with E-state index in [1.165, 1.54) is 31.7 Å². The van der Waals surface area contributed by atoms with E-state index in [-0.39, 0.29) is 5.69 Å². The fraction of sp³-hybridized carbons (Fsp3) is 0.533. The van der Waals surface area contributed by atoms with E-state index in [1.807, 2.05) is 0 Å². The molecule has 0 spiro atoms. The van der Waals surface area contributed by atoms with Gasteiger partial charge in [-0.3, -0.25) is 10.1 Å². The Kier molecular flexibility index (Phi) is 3.77. The van der Waals surface area contributed by atoms with Crippen LogP contribution in [0.4, 0.5) is 11.7 Å². The van der Waals surface area contributed by atoms with Crippen molar-refractivity contribution < 1.29 is 9.34 Å². The summed E-state index contributed by atoms with van der Waals surface area (Å²) in [4.78, 5) is 14.8. The van der Waals surface area contributed by atoms with Crippen molar-refractivity contribution in [1.82, 2.24) is 4.98 Å². The molecular formula is C15H19N3O3. The number of oxazole rings is 1. The number of fused-ring (bicyclic) bond motifs is 1. The van der Waals surface area contributed by atoms with Crippen molar-refractivity contribution in [1.29, 1.82) is 0 Å². The van der Waals surface area contributed by atoms with Gasteiger partial charge in [-0.05, 0) is 24.3 Å². The molecule has 2 unspecified atom stereocenters. The molecule has 1 fully saturated rings. The Bertz CT molecular complexity index is 653. The average Bonchev–Trinajstić information content (AvgIpc) is 2.88. The van der Waals surface area contributed by atoms with Crippen molar-refractivity contribution in [3.8, 4) is 0 Å². The van der Waals surface area contributed by atoms with Crippen LogP contribution in [0.5, 0.6) is 0 Å². The Hall–Kier alpha value is -2.11. The number of para-hydroxylation sites is 1. The number of benzene rings is 1. The van der Waals surface area contributed by atoms with Crippen LogP contribution in [0.25, 0.3) is 11.1 Å².